The van der Waals surface area contributed by atoms with E-state index in [1.54, 1.807) is 0 Å². The Morgan fingerprint density at radius 3 is 2.52 bits per heavy atom. The van der Waals surface area contributed by atoms with Crippen LogP contribution in [0.3, 0.4) is 0 Å². The van der Waals surface area contributed by atoms with Gasteiger partial charge in [0.15, 0.2) is 0 Å². The molecule has 2 heterocycles. The number of hydrogen-bond acceptors (Lipinski definition) is 4. The van der Waals surface area contributed by atoms with Crippen LogP contribution in [-0.2, 0) is 17.7 Å². The summed E-state index contributed by atoms with van der Waals surface area (Å²) in [6.45, 7) is 12.4. The van der Waals surface area contributed by atoms with Crippen molar-refractivity contribution in [2.45, 2.75) is 46.2 Å². The molecule has 1 N–H and O–H groups in total. The van der Waals surface area contributed by atoms with Crippen LogP contribution in [0.1, 0.15) is 38.7 Å². The number of morpholine rings is 1. The number of nitrogens with zero attached hydrogens (tertiary/aromatic N) is 1. The van der Waals surface area contributed by atoms with Crippen molar-refractivity contribution >= 4 is 0 Å². The van der Waals surface area contributed by atoms with Gasteiger partial charge in [0.2, 0.25) is 0 Å². The fourth-order valence-corrected chi connectivity index (χ4v) is 2.92. The molecule has 0 aliphatic carbocycles. The highest BCUT2D eigenvalue weighted by Gasteiger charge is 2.21. The third-order valence-corrected chi connectivity index (χ3v) is 4.05. The Balaban J connectivity index is 1.80. The summed E-state index contributed by atoms with van der Waals surface area (Å²) in [5.74, 6) is 2.82. The summed E-state index contributed by atoms with van der Waals surface area (Å²) in [6.07, 6.45) is 2.19. The molecule has 0 bridgehead atoms. The number of furan rings is 1. The van der Waals surface area contributed by atoms with E-state index in [9.17, 15) is 0 Å². The SMILES string of the molecule is CCc1ccc(CNCC(CC(C)C)N2CCOCC2)o1. The summed E-state index contributed by atoms with van der Waals surface area (Å²) in [5, 5.41) is 3.57. The largest absolute Gasteiger partial charge is 0.465 e. The molecule has 0 amide bonds. The predicted octanol–water partition coefficient (Wildman–Crippen LogP) is 2.68. The first-order valence-corrected chi connectivity index (χ1v) is 8.29. The Morgan fingerprint density at radius 2 is 1.90 bits per heavy atom. The number of aryl methyl sites for hydroxylation is 1. The molecule has 0 aromatic carbocycles. The van der Waals surface area contributed by atoms with Crippen LogP contribution in [-0.4, -0.2) is 43.8 Å². The Hall–Kier alpha value is -0.840. The Kier molecular flexibility index (Phi) is 6.74. The van der Waals surface area contributed by atoms with E-state index in [-0.39, 0.29) is 0 Å². The van der Waals surface area contributed by atoms with E-state index in [2.05, 4.69) is 43.1 Å². The summed E-state index contributed by atoms with van der Waals surface area (Å²) in [6, 6.07) is 4.75. The second-order valence-electron chi connectivity index (χ2n) is 6.28. The zero-order chi connectivity index (χ0) is 15.1. The molecule has 2 rings (SSSR count). The van der Waals surface area contributed by atoms with Crippen molar-refractivity contribution < 1.29 is 9.15 Å². The van der Waals surface area contributed by atoms with Crippen LogP contribution in [0.15, 0.2) is 16.5 Å². The van der Waals surface area contributed by atoms with E-state index in [1.807, 2.05) is 0 Å². The molecule has 0 spiro atoms. The van der Waals surface area contributed by atoms with Crippen LogP contribution in [0.25, 0.3) is 0 Å². The maximum Gasteiger partial charge on any atom is 0.117 e. The maximum atomic E-state index is 5.75. The molecule has 120 valence electrons. The van der Waals surface area contributed by atoms with E-state index < -0.39 is 0 Å². The summed E-state index contributed by atoms with van der Waals surface area (Å²) < 4.78 is 11.2. The number of hydrogen-bond donors (Lipinski definition) is 1. The van der Waals surface area contributed by atoms with Gasteiger partial charge in [-0.05, 0) is 24.5 Å². The van der Waals surface area contributed by atoms with Gasteiger partial charge in [-0.3, -0.25) is 4.90 Å². The Labute approximate surface area is 128 Å². The van der Waals surface area contributed by atoms with Crippen LogP contribution in [0.2, 0.25) is 0 Å². The molecule has 4 nitrogen and oxygen atoms in total. The van der Waals surface area contributed by atoms with E-state index >= 15 is 0 Å². The monoisotopic (exact) mass is 294 g/mol. The van der Waals surface area contributed by atoms with Crippen molar-refractivity contribution in [3.63, 3.8) is 0 Å². The topological polar surface area (TPSA) is 37.6 Å². The lowest BCUT2D eigenvalue weighted by Gasteiger charge is -2.35. The zero-order valence-corrected chi connectivity index (χ0v) is 13.7. The molecule has 21 heavy (non-hydrogen) atoms. The Morgan fingerprint density at radius 1 is 1.19 bits per heavy atom. The minimum atomic E-state index is 0.592. The smallest absolute Gasteiger partial charge is 0.117 e. The second kappa shape index (κ2) is 8.57. The van der Waals surface area contributed by atoms with Gasteiger partial charge >= 0.3 is 0 Å². The lowest BCUT2D eigenvalue weighted by atomic mass is 10.0. The van der Waals surface area contributed by atoms with E-state index in [0.717, 1.165) is 63.3 Å². The molecule has 0 saturated carbocycles. The van der Waals surface area contributed by atoms with Crippen molar-refractivity contribution in [3.8, 4) is 0 Å². The summed E-state index contributed by atoms with van der Waals surface area (Å²) in [4.78, 5) is 2.57. The van der Waals surface area contributed by atoms with E-state index in [4.69, 9.17) is 9.15 Å². The van der Waals surface area contributed by atoms with Crippen LogP contribution >= 0.6 is 0 Å². The fraction of sp³-hybridized carbons (Fsp3) is 0.765. The van der Waals surface area contributed by atoms with Crippen molar-refractivity contribution in [2.24, 2.45) is 5.92 Å². The maximum absolute atomic E-state index is 5.75. The molecular formula is C17H30N2O2. The second-order valence-corrected chi connectivity index (χ2v) is 6.28. The third kappa shape index (κ3) is 5.46. The van der Waals surface area contributed by atoms with E-state index in [1.165, 1.54) is 6.42 Å². The van der Waals surface area contributed by atoms with Gasteiger partial charge in [0, 0.05) is 32.1 Å². The van der Waals surface area contributed by atoms with Crippen molar-refractivity contribution in [3.05, 3.63) is 23.7 Å². The summed E-state index contributed by atoms with van der Waals surface area (Å²) in [5.41, 5.74) is 0. The molecule has 1 aromatic heterocycles. The lowest BCUT2D eigenvalue weighted by molar-refractivity contribution is 0.0122. The minimum Gasteiger partial charge on any atom is -0.465 e. The average Bonchev–Trinajstić information content (AvgIpc) is 2.95. The molecule has 1 atom stereocenters. The third-order valence-electron chi connectivity index (χ3n) is 4.05. The standard InChI is InChI=1S/C17H30N2O2/c1-4-16-5-6-17(21-16)13-18-12-15(11-14(2)3)19-7-9-20-10-8-19/h5-6,14-15,18H,4,7-13H2,1-3H3. The molecule has 1 saturated heterocycles. The van der Waals surface area contributed by atoms with Gasteiger partial charge in [0.25, 0.3) is 0 Å². The Bertz CT molecular complexity index is 397. The molecule has 0 radical (unpaired) electrons. The van der Waals surface area contributed by atoms with Gasteiger partial charge in [-0.1, -0.05) is 20.8 Å². The van der Waals surface area contributed by atoms with Gasteiger partial charge in [-0.2, -0.15) is 0 Å². The van der Waals surface area contributed by atoms with Gasteiger partial charge in [-0.25, -0.2) is 0 Å². The molecule has 4 heteroatoms. The highest BCUT2D eigenvalue weighted by molar-refractivity contribution is 5.06. The molecule has 1 aliphatic heterocycles. The zero-order valence-electron chi connectivity index (χ0n) is 13.7. The van der Waals surface area contributed by atoms with Gasteiger partial charge in [-0.15, -0.1) is 0 Å². The van der Waals surface area contributed by atoms with Gasteiger partial charge in [0.1, 0.15) is 11.5 Å². The van der Waals surface area contributed by atoms with Crippen LogP contribution in [0.5, 0.6) is 0 Å². The number of nitrogens with one attached hydrogen (secondary N) is 1. The van der Waals surface area contributed by atoms with Crippen molar-refractivity contribution in [1.82, 2.24) is 10.2 Å². The predicted molar refractivity (Wildman–Crippen MR) is 85.4 cm³/mol. The first-order valence-electron chi connectivity index (χ1n) is 8.29. The first kappa shape index (κ1) is 16.5. The number of ether oxygens (including phenoxy) is 1. The minimum absolute atomic E-state index is 0.592. The van der Waals surface area contributed by atoms with Gasteiger partial charge in [0.05, 0.1) is 19.8 Å². The molecule has 1 fully saturated rings. The molecule has 1 unspecified atom stereocenters. The van der Waals surface area contributed by atoms with Crippen LogP contribution < -0.4 is 5.32 Å². The number of rotatable bonds is 8. The van der Waals surface area contributed by atoms with Crippen molar-refractivity contribution in [1.29, 1.82) is 0 Å². The van der Waals surface area contributed by atoms with Crippen LogP contribution in [0, 0.1) is 5.92 Å². The summed E-state index contributed by atoms with van der Waals surface area (Å²) in [7, 11) is 0. The average molecular weight is 294 g/mol. The molecular weight excluding hydrogens is 264 g/mol. The van der Waals surface area contributed by atoms with Crippen molar-refractivity contribution in [2.75, 3.05) is 32.8 Å². The molecule has 1 aromatic rings. The lowest BCUT2D eigenvalue weighted by Crippen LogP contribution is -2.48. The first-order chi connectivity index (χ1) is 10.2. The highest BCUT2D eigenvalue weighted by atomic mass is 16.5. The quantitative estimate of drug-likeness (QED) is 0.800. The van der Waals surface area contributed by atoms with Gasteiger partial charge < -0.3 is 14.5 Å². The normalized spacial score (nSPS) is 18.3. The van der Waals surface area contributed by atoms with Crippen LogP contribution in [0.4, 0.5) is 0 Å². The van der Waals surface area contributed by atoms with E-state index in [0.29, 0.717) is 6.04 Å². The fourth-order valence-electron chi connectivity index (χ4n) is 2.92. The molecule has 1 aliphatic rings. The summed E-state index contributed by atoms with van der Waals surface area (Å²) >= 11 is 0. The highest BCUT2D eigenvalue weighted by Crippen LogP contribution is 2.13.